The van der Waals surface area contributed by atoms with Crippen LogP contribution in [-0.2, 0) is 0 Å². The number of nitrogens with zero attached hydrogens (tertiary/aromatic N) is 3. The van der Waals surface area contributed by atoms with E-state index in [2.05, 4.69) is 15.4 Å². The number of nitrogens with one attached hydrogen (secondary N) is 1. The zero-order chi connectivity index (χ0) is 16.6. The van der Waals surface area contributed by atoms with Gasteiger partial charge in [0.15, 0.2) is 5.82 Å². The molecule has 2 aromatic heterocycles. The van der Waals surface area contributed by atoms with Gasteiger partial charge in [0.25, 0.3) is 5.91 Å². The molecule has 1 aliphatic rings. The average Bonchev–Trinajstić information content (AvgIpc) is 3.30. The van der Waals surface area contributed by atoms with Crippen LogP contribution in [0.1, 0.15) is 34.7 Å². The van der Waals surface area contributed by atoms with E-state index >= 15 is 0 Å². The van der Waals surface area contributed by atoms with Gasteiger partial charge < -0.3 is 11.1 Å². The first kappa shape index (κ1) is 16.0. The van der Waals surface area contributed by atoms with Crippen molar-refractivity contribution in [3.8, 4) is 5.82 Å². The number of aryl methyl sites for hydroxylation is 2. The van der Waals surface area contributed by atoms with Gasteiger partial charge in [-0.05, 0) is 50.8 Å². The number of rotatable bonds is 5. The van der Waals surface area contributed by atoms with E-state index in [4.69, 9.17) is 17.3 Å². The molecule has 0 aromatic carbocycles. The Balaban J connectivity index is 1.88. The number of amides is 1. The van der Waals surface area contributed by atoms with Crippen LogP contribution in [0.3, 0.4) is 0 Å². The standard InChI is InChI=1S/C16H20ClN5O/c1-9-7-10(2)22(21-9)14-6-5-12(17)15(20-14)16(23)19-13(8-18)11-3-4-11/h5-7,11,13H,3-4,8,18H2,1-2H3,(H,19,23). The summed E-state index contributed by atoms with van der Waals surface area (Å²) >= 11 is 6.16. The second-order valence-corrected chi connectivity index (χ2v) is 6.40. The molecule has 2 heterocycles. The van der Waals surface area contributed by atoms with E-state index in [1.54, 1.807) is 16.8 Å². The van der Waals surface area contributed by atoms with Crippen molar-refractivity contribution >= 4 is 17.5 Å². The van der Waals surface area contributed by atoms with E-state index < -0.39 is 0 Å². The van der Waals surface area contributed by atoms with Crippen LogP contribution < -0.4 is 11.1 Å². The van der Waals surface area contributed by atoms with Crippen LogP contribution in [-0.4, -0.2) is 33.3 Å². The fraction of sp³-hybridized carbons (Fsp3) is 0.438. The van der Waals surface area contributed by atoms with Crippen molar-refractivity contribution in [1.29, 1.82) is 0 Å². The Labute approximate surface area is 140 Å². The van der Waals surface area contributed by atoms with Crippen LogP contribution in [0.25, 0.3) is 5.82 Å². The number of hydrogen-bond acceptors (Lipinski definition) is 4. The molecule has 3 N–H and O–H groups in total. The van der Waals surface area contributed by atoms with Gasteiger partial charge in [0.2, 0.25) is 0 Å². The first-order valence-corrected chi connectivity index (χ1v) is 8.08. The molecule has 23 heavy (non-hydrogen) atoms. The molecule has 1 saturated carbocycles. The lowest BCUT2D eigenvalue weighted by Crippen LogP contribution is -2.42. The van der Waals surface area contributed by atoms with E-state index in [-0.39, 0.29) is 17.6 Å². The summed E-state index contributed by atoms with van der Waals surface area (Å²) in [6.07, 6.45) is 2.21. The van der Waals surface area contributed by atoms with Gasteiger partial charge in [0.1, 0.15) is 5.69 Å². The highest BCUT2D eigenvalue weighted by Crippen LogP contribution is 2.32. The Bertz CT molecular complexity index is 738. The number of nitrogens with two attached hydrogens (primary N) is 1. The Morgan fingerprint density at radius 1 is 1.48 bits per heavy atom. The summed E-state index contributed by atoms with van der Waals surface area (Å²) in [6, 6.07) is 5.36. The third kappa shape index (κ3) is 3.38. The van der Waals surface area contributed by atoms with Gasteiger partial charge in [-0.2, -0.15) is 5.10 Å². The number of aromatic nitrogens is 3. The van der Waals surface area contributed by atoms with Crippen molar-refractivity contribution in [1.82, 2.24) is 20.1 Å². The van der Waals surface area contributed by atoms with Crippen molar-refractivity contribution in [2.24, 2.45) is 11.7 Å². The molecule has 1 aliphatic carbocycles. The number of carbonyl (C=O) groups excluding carboxylic acids is 1. The lowest BCUT2D eigenvalue weighted by molar-refractivity contribution is 0.0928. The summed E-state index contributed by atoms with van der Waals surface area (Å²) in [4.78, 5) is 16.9. The number of halogens is 1. The summed E-state index contributed by atoms with van der Waals surface area (Å²) in [6.45, 7) is 4.27. The minimum atomic E-state index is -0.291. The number of pyridine rings is 1. The lowest BCUT2D eigenvalue weighted by atomic mass is 10.2. The van der Waals surface area contributed by atoms with Crippen molar-refractivity contribution in [3.63, 3.8) is 0 Å². The number of carbonyl (C=O) groups is 1. The molecule has 0 aliphatic heterocycles. The molecule has 2 aromatic rings. The molecule has 0 spiro atoms. The largest absolute Gasteiger partial charge is 0.346 e. The molecule has 3 rings (SSSR count). The monoisotopic (exact) mass is 333 g/mol. The van der Waals surface area contributed by atoms with Gasteiger partial charge in [0.05, 0.1) is 10.7 Å². The molecule has 1 amide bonds. The van der Waals surface area contributed by atoms with E-state index in [1.165, 1.54) is 0 Å². The van der Waals surface area contributed by atoms with Crippen LogP contribution in [0.5, 0.6) is 0 Å². The smallest absolute Gasteiger partial charge is 0.271 e. The Morgan fingerprint density at radius 3 is 2.78 bits per heavy atom. The van der Waals surface area contributed by atoms with Crippen LogP contribution >= 0.6 is 11.6 Å². The van der Waals surface area contributed by atoms with Crippen molar-refractivity contribution < 1.29 is 4.79 Å². The first-order chi connectivity index (χ1) is 11.0. The highest BCUT2D eigenvalue weighted by Gasteiger charge is 2.32. The lowest BCUT2D eigenvalue weighted by Gasteiger charge is -2.16. The van der Waals surface area contributed by atoms with Crippen LogP contribution in [0, 0.1) is 19.8 Å². The zero-order valence-corrected chi connectivity index (χ0v) is 14.0. The maximum absolute atomic E-state index is 12.5. The van der Waals surface area contributed by atoms with Gasteiger partial charge >= 0.3 is 0 Å². The molecule has 122 valence electrons. The molecule has 0 bridgehead atoms. The second-order valence-electron chi connectivity index (χ2n) is 5.99. The Morgan fingerprint density at radius 2 is 2.22 bits per heavy atom. The molecule has 1 fully saturated rings. The summed E-state index contributed by atoms with van der Waals surface area (Å²) < 4.78 is 1.70. The Kier molecular flexibility index (Phi) is 4.37. The van der Waals surface area contributed by atoms with Crippen molar-refractivity contribution in [2.75, 3.05) is 6.54 Å². The van der Waals surface area contributed by atoms with Gasteiger partial charge in [-0.15, -0.1) is 0 Å². The third-order valence-electron chi connectivity index (χ3n) is 4.03. The minimum Gasteiger partial charge on any atom is -0.346 e. The fourth-order valence-electron chi connectivity index (χ4n) is 2.67. The molecule has 0 saturated heterocycles. The van der Waals surface area contributed by atoms with Crippen molar-refractivity contribution in [3.05, 3.63) is 40.3 Å². The van der Waals surface area contributed by atoms with Crippen LogP contribution in [0.15, 0.2) is 18.2 Å². The van der Waals surface area contributed by atoms with E-state index in [0.717, 1.165) is 24.2 Å². The number of hydrogen-bond donors (Lipinski definition) is 2. The van der Waals surface area contributed by atoms with Crippen molar-refractivity contribution in [2.45, 2.75) is 32.7 Å². The molecular formula is C16H20ClN5O. The molecule has 0 radical (unpaired) electrons. The quantitative estimate of drug-likeness (QED) is 0.876. The van der Waals surface area contributed by atoms with Crippen LogP contribution in [0.4, 0.5) is 0 Å². The van der Waals surface area contributed by atoms with Gasteiger partial charge in [0, 0.05) is 18.3 Å². The predicted octanol–water partition coefficient (Wildman–Crippen LogP) is 2.00. The minimum absolute atomic E-state index is 0.0160. The second kappa shape index (κ2) is 6.29. The average molecular weight is 334 g/mol. The summed E-state index contributed by atoms with van der Waals surface area (Å²) in [5.74, 6) is 0.753. The molecule has 1 atom stereocenters. The van der Waals surface area contributed by atoms with Gasteiger partial charge in [-0.1, -0.05) is 11.6 Å². The predicted molar refractivity (Wildman–Crippen MR) is 88.9 cm³/mol. The normalized spacial score (nSPS) is 15.5. The van der Waals surface area contributed by atoms with Gasteiger partial charge in [-0.3, -0.25) is 4.79 Å². The molecule has 6 nitrogen and oxygen atoms in total. The van der Waals surface area contributed by atoms with Gasteiger partial charge in [-0.25, -0.2) is 9.67 Å². The summed E-state index contributed by atoms with van der Waals surface area (Å²) in [5.41, 5.74) is 7.78. The Hall–Kier alpha value is -1.92. The first-order valence-electron chi connectivity index (χ1n) is 7.70. The molecule has 7 heteroatoms. The summed E-state index contributed by atoms with van der Waals surface area (Å²) in [5, 5.41) is 7.65. The maximum atomic E-state index is 12.5. The molecule has 1 unspecified atom stereocenters. The molecular weight excluding hydrogens is 314 g/mol. The van der Waals surface area contributed by atoms with E-state index in [1.807, 2.05) is 19.9 Å². The topological polar surface area (TPSA) is 85.8 Å². The maximum Gasteiger partial charge on any atom is 0.271 e. The van der Waals surface area contributed by atoms with Crippen LogP contribution in [0.2, 0.25) is 5.02 Å². The SMILES string of the molecule is Cc1cc(C)n(-c2ccc(Cl)c(C(=O)NC(CN)C3CC3)n2)n1. The highest BCUT2D eigenvalue weighted by atomic mass is 35.5. The van der Waals surface area contributed by atoms with E-state index in [9.17, 15) is 4.79 Å². The zero-order valence-electron chi connectivity index (χ0n) is 13.2. The highest BCUT2D eigenvalue weighted by molar-refractivity contribution is 6.33. The summed E-state index contributed by atoms with van der Waals surface area (Å²) in [7, 11) is 0. The van der Waals surface area contributed by atoms with E-state index in [0.29, 0.717) is 23.3 Å². The third-order valence-corrected chi connectivity index (χ3v) is 4.34. The fourth-order valence-corrected chi connectivity index (χ4v) is 2.87.